The molecule has 2 heterocycles. The summed E-state index contributed by atoms with van der Waals surface area (Å²) in [4.78, 5) is 4.36. The second-order valence-corrected chi connectivity index (χ2v) is 5.93. The minimum atomic E-state index is 0.518. The lowest BCUT2D eigenvalue weighted by molar-refractivity contribution is 0.173. The minimum absolute atomic E-state index is 0.518. The van der Waals surface area contributed by atoms with Crippen molar-refractivity contribution in [1.29, 1.82) is 5.26 Å². The maximum absolute atomic E-state index is 9.51. The molecule has 1 aliphatic rings. The van der Waals surface area contributed by atoms with Crippen LogP contribution in [-0.4, -0.2) is 13.2 Å². The van der Waals surface area contributed by atoms with Crippen molar-refractivity contribution in [3.63, 3.8) is 0 Å². The fourth-order valence-electron chi connectivity index (χ4n) is 2.41. The van der Waals surface area contributed by atoms with Gasteiger partial charge in [-0.25, -0.2) is 4.85 Å². The summed E-state index contributed by atoms with van der Waals surface area (Å²) in [5.74, 6) is 1.44. The highest BCUT2D eigenvalue weighted by Gasteiger charge is 2.18. The Balaban J connectivity index is 1.94. The van der Waals surface area contributed by atoms with Crippen molar-refractivity contribution in [2.75, 3.05) is 13.2 Å². The lowest BCUT2D eigenvalue weighted by Gasteiger charge is -2.15. The van der Waals surface area contributed by atoms with Crippen molar-refractivity contribution < 1.29 is 9.47 Å². The summed E-state index contributed by atoms with van der Waals surface area (Å²) >= 11 is 1.49. The number of nitrogens with zero attached hydrogens (tertiary/aromatic N) is 2. The highest BCUT2D eigenvalue weighted by Crippen LogP contribution is 2.41. The van der Waals surface area contributed by atoms with Gasteiger partial charge in [0.25, 0.3) is 0 Å². The van der Waals surface area contributed by atoms with E-state index in [0.717, 1.165) is 21.8 Å². The van der Waals surface area contributed by atoms with E-state index in [1.165, 1.54) is 11.3 Å². The summed E-state index contributed by atoms with van der Waals surface area (Å²) < 4.78 is 11.2. The molecule has 0 atom stereocenters. The molecule has 24 heavy (non-hydrogen) atoms. The number of hydrogen-bond donors (Lipinski definition) is 0. The standard InChI is InChI=1S/C19H14N2O2S/c1-3-16(21-2)14-6-4-13(5-7-14)15(11-20)10-18-19-17(12-24-18)22-8-9-23-19/h3-7,10,12H,8-9H2,1H3. The highest BCUT2D eigenvalue weighted by molar-refractivity contribution is 7.11. The van der Waals surface area contributed by atoms with Gasteiger partial charge in [-0.2, -0.15) is 5.26 Å². The maximum Gasteiger partial charge on any atom is 0.190 e. The quantitative estimate of drug-likeness (QED) is 0.594. The molecule has 0 radical (unpaired) electrons. The van der Waals surface area contributed by atoms with Gasteiger partial charge < -0.3 is 9.47 Å². The fourth-order valence-corrected chi connectivity index (χ4v) is 3.27. The van der Waals surface area contributed by atoms with E-state index in [-0.39, 0.29) is 0 Å². The third-order valence-corrected chi connectivity index (χ3v) is 4.50. The van der Waals surface area contributed by atoms with Gasteiger partial charge in [-0.1, -0.05) is 37.3 Å². The van der Waals surface area contributed by atoms with E-state index >= 15 is 0 Å². The third-order valence-electron chi connectivity index (χ3n) is 3.61. The molecule has 3 rings (SSSR count). The zero-order valence-electron chi connectivity index (χ0n) is 13.1. The molecule has 118 valence electrons. The van der Waals surface area contributed by atoms with Crippen molar-refractivity contribution >= 4 is 28.7 Å². The second-order valence-electron chi connectivity index (χ2n) is 5.02. The Bertz CT molecular complexity index is 893. The number of ether oxygens (including phenoxy) is 2. The zero-order chi connectivity index (χ0) is 16.9. The van der Waals surface area contributed by atoms with Crippen LogP contribution in [0.2, 0.25) is 0 Å². The molecule has 0 spiro atoms. The number of nitriles is 1. The van der Waals surface area contributed by atoms with Crippen LogP contribution in [0.25, 0.3) is 22.2 Å². The van der Waals surface area contributed by atoms with Crippen molar-refractivity contribution in [3.8, 4) is 17.6 Å². The monoisotopic (exact) mass is 334 g/mol. The van der Waals surface area contributed by atoms with Crippen LogP contribution in [0, 0.1) is 17.9 Å². The van der Waals surface area contributed by atoms with Crippen molar-refractivity contribution in [1.82, 2.24) is 0 Å². The normalized spacial score (nSPS) is 14.0. The van der Waals surface area contributed by atoms with E-state index < -0.39 is 0 Å². The summed E-state index contributed by atoms with van der Waals surface area (Å²) in [6, 6.07) is 9.67. The van der Waals surface area contributed by atoms with Crippen LogP contribution in [-0.2, 0) is 0 Å². The zero-order valence-corrected chi connectivity index (χ0v) is 13.9. The van der Waals surface area contributed by atoms with Crippen LogP contribution in [0.3, 0.4) is 0 Å². The molecule has 0 fully saturated rings. The summed E-state index contributed by atoms with van der Waals surface area (Å²) in [5, 5.41) is 11.4. The number of allylic oxidation sites excluding steroid dienone is 2. The molecule has 0 aliphatic carbocycles. The van der Waals surface area contributed by atoms with Crippen LogP contribution in [0.1, 0.15) is 22.9 Å². The molecule has 4 nitrogen and oxygen atoms in total. The Morgan fingerprint density at radius 3 is 2.62 bits per heavy atom. The van der Waals surface area contributed by atoms with Gasteiger partial charge in [-0.3, -0.25) is 0 Å². The van der Waals surface area contributed by atoms with Gasteiger partial charge in [-0.05, 0) is 17.2 Å². The number of benzene rings is 1. The van der Waals surface area contributed by atoms with Crippen molar-refractivity contribution in [2.45, 2.75) is 6.92 Å². The molecular weight excluding hydrogens is 320 g/mol. The predicted octanol–water partition coefficient (Wildman–Crippen LogP) is 4.86. The Kier molecular flexibility index (Phi) is 4.65. The number of fused-ring (bicyclic) bond motifs is 1. The Hall–Kier alpha value is -3.02. The number of thiophene rings is 1. The Morgan fingerprint density at radius 2 is 1.96 bits per heavy atom. The van der Waals surface area contributed by atoms with Crippen LogP contribution < -0.4 is 9.47 Å². The molecule has 0 unspecified atom stereocenters. The first-order valence-corrected chi connectivity index (χ1v) is 8.28. The smallest absolute Gasteiger partial charge is 0.190 e. The van der Waals surface area contributed by atoms with E-state index in [1.54, 1.807) is 6.08 Å². The molecule has 2 aromatic rings. The van der Waals surface area contributed by atoms with Gasteiger partial charge in [0.1, 0.15) is 13.2 Å². The Labute approximate surface area is 144 Å². The molecule has 0 bridgehead atoms. The molecule has 1 aliphatic heterocycles. The lowest BCUT2D eigenvalue weighted by atomic mass is 10.0. The number of hydrogen-bond acceptors (Lipinski definition) is 4. The van der Waals surface area contributed by atoms with Crippen molar-refractivity contribution in [2.24, 2.45) is 0 Å². The predicted molar refractivity (Wildman–Crippen MR) is 95.5 cm³/mol. The van der Waals surface area contributed by atoms with E-state index in [0.29, 0.717) is 30.2 Å². The van der Waals surface area contributed by atoms with E-state index in [2.05, 4.69) is 10.9 Å². The first kappa shape index (κ1) is 15.9. The van der Waals surface area contributed by atoms with Gasteiger partial charge >= 0.3 is 0 Å². The summed E-state index contributed by atoms with van der Waals surface area (Å²) in [5.41, 5.74) is 2.80. The molecule has 0 N–H and O–H groups in total. The molecule has 1 aromatic heterocycles. The van der Waals surface area contributed by atoms with Gasteiger partial charge in [0.05, 0.1) is 23.1 Å². The van der Waals surface area contributed by atoms with Gasteiger partial charge in [0.2, 0.25) is 0 Å². The molecular formula is C19H14N2O2S. The molecule has 0 saturated carbocycles. The summed E-state index contributed by atoms with van der Waals surface area (Å²) in [7, 11) is 0. The van der Waals surface area contributed by atoms with Gasteiger partial charge in [0.15, 0.2) is 17.2 Å². The van der Waals surface area contributed by atoms with Crippen LogP contribution in [0.5, 0.6) is 11.5 Å². The minimum Gasteiger partial charge on any atom is -0.485 e. The average Bonchev–Trinajstić information content (AvgIpc) is 3.04. The molecule has 0 saturated heterocycles. The van der Waals surface area contributed by atoms with Crippen molar-refractivity contribution in [3.05, 3.63) is 63.1 Å². The molecule has 1 aromatic carbocycles. The molecule has 0 amide bonds. The second kappa shape index (κ2) is 7.04. The van der Waals surface area contributed by atoms with Crippen LogP contribution in [0.4, 0.5) is 0 Å². The Morgan fingerprint density at radius 1 is 1.25 bits per heavy atom. The topological polar surface area (TPSA) is 46.6 Å². The maximum atomic E-state index is 9.51. The summed E-state index contributed by atoms with van der Waals surface area (Å²) in [6.07, 6.45) is 3.59. The van der Waals surface area contributed by atoms with Crippen LogP contribution >= 0.6 is 11.3 Å². The van der Waals surface area contributed by atoms with E-state index in [4.69, 9.17) is 16.0 Å². The molecule has 5 heteroatoms. The fraction of sp³-hybridized carbons (Fsp3) is 0.158. The number of rotatable bonds is 3. The first-order valence-electron chi connectivity index (χ1n) is 7.40. The van der Waals surface area contributed by atoms with E-state index in [9.17, 15) is 5.26 Å². The van der Waals surface area contributed by atoms with Gasteiger partial charge in [0, 0.05) is 5.38 Å². The average molecular weight is 334 g/mol. The van der Waals surface area contributed by atoms with E-state index in [1.807, 2.05) is 42.6 Å². The SMILES string of the molecule is [C-]#[N+]C(=CC)c1ccc(C(C#N)=Cc2scc3c2OCCO3)cc1. The van der Waals surface area contributed by atoms with Crippen LogP contribution in [0.15, 0.2) is 35.7 Å². The largest absolute Gasteiger partial charge is 0.485 e. The first-order chi connectivity index (χ1) is 11.8. The highest BCUT2D eigenvalue weighted by atomic mass is 32.1. The third kappa shape index (κ3) is 3.03. The lowest BCUT2D eigenvalue weighted by Crippen LogP contribution is -2.14. The van der Waals surface area contributed by atoms with Gasteiger partial charge in [-0.15, -0.1) is 11.3 Å². The summed E-state index contributed by atoms with van der Waals surface area (Å²) in [6.45, 7) is 10.1.